The van der Waals surface area contributed by atoms with E-state index in [0.717, 1.165) is 150 Å². The molecule has 0 spiro atoms. The number of rotatable bonds is 30. The van der Waals surface area contributed by atoms with Gasteiger partial charge in [0.2, 0.25) is 0 Å². The molecule has 19 nitrogen and oxygen atoms in total. The largest absolute Gasteiger partial charge is 0.461 e. The van der Waals surface area contributed by atoms with Crippen LogP contribution in [0.2, 0.25) is 0 Å². The van der Waals surface area contributed by atoms with Gasteiger partial charge in [-0.15, -0.1) is 0 Å². The third-order valence-corrected chi connectivity index (χ3v) is 26.4. The number of hydrogen-bond donors (Lipinski definition) is 0. The number of ether oxygens (including phenoxy) is 9. The standard InChI is InChI=1S/C22H42NO2.C21H40NO4.C12H24O2.C12H24.2C10H20NO2.C8H15NO2.2C7H8.2C6H6.4C2H6/c1-17(2)22(24)25-12-11-23(6,7)16-21-10-8-9-18(3)13-19(4)14-20(5)15-21;1-16(2)21(23)26-11-10-22(4,5)15-18-8-9-19(24-6)12-17(3)13-20(14-18)25-7;1-10-8-11(13-2)6-4-5-7-12(9-10)14-3;1-10-6-4-5-7-11(2)9-12(3)8-10;2*1-6-11(4,5)7-8-13-10(12)9(2)3;1-7(2)8(10)11-6-5-9(3)4;2*1-7-5-3-2-4-6-7;2*1-2-4-6-5-3-1;4*1-2/h18-21H,1,8-16H2,2-7H3;17-20H,1,8-15H2,2-7H3;10-12H,4-9H2,1-3H3;10-12H,4-9H2,1-3H3;2*2,6-8H2,1,3-5H3;1,5-6H2,2-4H3;2*2-6H,1H3;2*1-6H;4*1-2H3/q2*+1;;;2*+1;;;;;;;;;. The minimum atomic E-state index is -0.313. The maximum Gasteiger partial charge on any atom is 0.333 e. The maximum atomic E-state index is 11.6. The van der Waals surface area contributed by atoms with Crippen molar-refractivity contribution < 1.29 is 84.5 Å². The molecule has 0 aromatic heterocycles. The summed E-state index contributed by atoms with van der Waals surface area (Å²) in [6, 6.07) is 44.5. The summed E-state index contributed by atoms with van der Waals surface area (Å²) >= 11 is 0. The van der Waals surface area contributed by atoms with Crippen LogP contribution in [-0.2, 0) is 66.6 Å². The van der Waals surface area contributed by atoms with Crippen molar-refractivity contribution in [2.45, 2.75) is 345 Å². The molecule has 0 amide bonds. The van der Waals surface area contributed by atoms with Gasteiger partial charge in [0.05, 0.1) is 107 Å². The summed E-state index contributed by atoms with van der Waals surface area (Å²) in [4.78, 5) is 57.8. The van der Waals surface area contributed by atoms with E-state index in [1.54, 1.807) is 34.6 Å². The molecule has 12 atom stereocenters. The number of methoxy groups -OCH3 is 4. The highest BCUT2D eigenvalue weighted by molar-refractivity contribution is 5.88. The number of carbonyl (C=O) groups excluding carboxylic acids is 5. The van der Waals surface area contributed by atoms with Crippen molar-refractivity contribution in [2.75, 3.05) is 191 Å². The molecule has 8 rings (SSSR count). The minimum absolute atomic E-state index is 0.268. The number of quaternary nitrogens is 4. The Kier molecular flexibility index (Phi) is 101. The van der Waals surface area contributed by atoms with Gasteiger partial charge in [-0.2, -0.15) is 0 Å². The quantitative estimate of drug-likeness (QED) is 0.0209. The Bertz CT molecular complexity index is 3600. The van der Waals surface area contributed by atoms with E-state index in [1.165, 1.54) is 133 Å². The van der Waals surface area contributed by atoms with Gasteiger partial charge in [0, 0.05) is 74.7 Å². The SMILES string of the molecule is C=C(C)C(=O)OCCN(C)C.C=C(C)C(=O)OCC[N+](C)(C)CC.C=C(C)C(=O)OCC[N+](C)(C)CC.C=C(C)C(=O)OCC[N+](C)(C)CC1CCC(OC)CC(C)CC(OC)C1.C=C(C)C(=O)OCC[N+](C)(C)CC1CCCC(C)CC(C)CC(C)C1.CC.CC.CC.CC.CC1CCCCC(C)CC(C)C1.COC1CCCCC(OC)CC(C)C1.Cc1ccccc1.Cc1ccccc1.c1ccccc1.c1ccccc1. The molecule has 19 heteroatoms. The Morgan fingerprint density at radius 1 is 0.284 bits per heavy atom. The highest BCUT2D eigenvalue weighted by Gasteiger charge is 2.32. The van der Waals surface area contributed by atoms with E-state index < -0.39 is 0 Å². The molecule has 0 aliphatic heterocycles. The van der Waals surface area contributed by atoms with Gasteiger partial charge >= 0.3 is 29.8 Å². The fourth-order valence-electron chi connectivity index (χ4n) is 17.3. The normalized spacial score (nSPS) is 20.7. The average molecular weight is 2080 g/mol. The molecule has 4 aliphatic rings. The molecule has 0 heterocycles. The minimum Gasteiger partial charge on any atom is -0.461 e. The Hall–Kier alpha value is -7.43. The van der Waals surface area contributed by atoms with Crippen LogP contribution in [0.3, 0.4) is 0 Å². The lowest BCUT2D eigenvalue weighted by atomic mass is 9.80. The van der Waals surface area contributed by atoms with Gasteiger partial charge in [-0.1, -0.05) is 340 Å². The van der Waals surface area contributed by atoms with Crippen LogP contribution in [0, 0.1) is 73.0 Å². The molecular weight excluding hydrogens is 1840 g/mol. The predicted octanol–water partition coefficient (Wildman–Crippen LogP) is 30.3. The first-order valence-electron chi connectivity index (χ1n) is 57.0. The number of likely N-dealkylation sites (N-methyl/N-ethyl adjacent to an activating group) is 5. The Labute approximate surface area is 914 Å². The zero-order valence-corrected chi connectivity index (χ0v) is 103. The lowest BCUT2D eigenvalue weighted by molar-refractivity contribution is -0.894. The summed E-state index contributed by atoms with van der Waals surface area (Å²) in [6.07, 6.45) is 31.5. The van der Waals surface area contributed by atoms with Crippen LogP contribution in [0.5, 0.6) is 0 Å². The molecule has 12 unspecified atom stereocenters. The molecule has 4 aliphatic carbocycles. The van der Waals surface area contributed by atoms with E-state index in [4.69, 9.17) is 42.6 Å². The molecule has 858 valence electrons. The van der Waals surface area contributed by atoms with Crippen molar-refractivity contribution in [1.29, 1.82) is 0 Å². The zero-order valence-electron chi connectivity index (χ0n) is 103. The monoisotopic (exact) mass is 2080 g/mol. The maximum absolute atomic E-state index is 11.6. The van der Waals surface area contributed by atoms with Crippen LogP contribution in [0.15, 0.2) is 194 Å². The van der Waals surface area contributed by atoms with Crippen molar-refractivity contribution in [1.82, 2.24) is 4.90 Å². The highest BCUT2D eigenvalue weighted by atomic mass is 16.6. The van der Waals surface area contributed by atoms with Crippen molar-refractivity contribution in [2.24, 2.45) is 59.2 Å². The summed E-state index contributed by atoms with van der Waals surface area (Å²) in [6.45, 7) is 80.3. The molecule has 0 bridgehead atoms. The first-order chi connectivity index (χ1) is 69.8. The lowest BCUT2D eigenvalue weighted by Crippen LogP contribution is -2.46. The molecule has 4 aromatic carbocycles. The summed E-state index contributed by atoms with van der Waals surface area (Å²) in [5.74, 6) is 6.68. The molecule has 0 N–H and O–H groups in total. The first kappa shape index (κ1) is 153. The van der Waals surface area contributed by atoms with Gasteiger partial charge in [0.25, 0.3) is 0 Å². The van der Waals surface area contributed by atoms with Crippen LogP contribution < -0.4 is 0 Å². The molecule has 4 saturated carbocycles. The topological polar surface area (TPSA) is 172 Å². The Morgan fingerprint density at radius 3 is 0.764 bits per heavy atom. The van der Waals surface area contributed by atoms with Crippen LogP contribution in [-0.4, -0.2) is 268 Å². The number of carbonyl (C=O) groups is 5. The van der Waals surface area contributed by atoms with Crippen molar-refractivity contribution in [3.8, 4) is 0 Å². The lowest BCUT2D eigenvalue weighted by Gasteiger charge is -2.35. The highest BCUT2D eigenvalue weighted by Crippen LogP contribution is 2.34. The van der Waals surface area contributed by atoms with Crippen LogP contribution in [0.4, 0.5) is 0 Å². The Morgan fingerprint density at radius 2 is 0.507 bits per heavy atom. The van der Waals surface area contributed by atoms with Gasteiger partial charge in [0.15, 0.2) is 0 Å². The first-order valence-corrected chi connectivity index (χ1v) is 57.0. The average Bonchev–Trinajstić information content (AvgIpc) is 1.53. The van der Waals surface area contributed by atoms with Gasteiger partial charge in [0.1, 0.15) is 59.2 Å². The molecule has 148 heavy (non-hydrogen) atoms. The van der Waals surface area contributed by atoms with Crippen LogP contribution >= 0.6 is 0 Å². The van der Waals surface area contributed by atoms with Crippen LogP contribution in [0.25, 0.3) is 0 Å². The predicted molar refractivity (Wildman–Crippen MR) is 636 cm³/mol. The molecule has 4 aromatic rings. The van der Waals surface area contributed by atoms with E-state index in [0.29, 0.717) is 97.2 Å². The second-order valence-electron chi connectivity index (χ2n) is 44.1. The Balaban J connectivity index is -0.000000302. The third kappa shape index (κ3) is 98.0. The van der Waals surface area contributed by atoms with E-state index in [2.05, 4.69) is 197 Å². The summed E-state index contributed by atoms with van der Waals surface area (Å²) in [7, 11) is 28.6. The van der Waals surface area contributed by atoms with E-state index in [-0.39, 0.29) is 29.8 Å². The third-order valence-electron chi connectivity index (χ3n) is 26.4. The number of benzene rings is 4. The second-order valence-corrected chi connectivity index (χ2v) is 44.1. The van der Waals surface area contributed by atoms with Gasteiger partial charge < -0.3 is 65.5 Å². The summed E-state index contributed by atoms with van der Waals surface area (Å²) in [5.41, 5.74) is 4.95. The molecule has 0 saturated heterocycles. The van der Waals surface area contributed by atoms with Gasteiger partial charge in [-0.25, -0.2) is 24.0 Å². The van der Waals surface area contributed by atoms with Gasteiger partial charge in [-0.05, 0) is 220 Å². The van der Waals surface area contributed by atoms with E-state index >= 15 is 0 Å². The molecule has 4 fully saturated rings. The molecule has 0 radical (unpaired) electrons. The van der Waals surface area contributed by atoms with Crippen molar-refractivity contribution >= 4 is 29.8 Å². The zero-order chi connectivity index (χ0) is 115. The smallest absolute Gasteiger partial charge is 0.333 e. The van der Waals surface area contributed by atoms with E-state index in [9.17, 15) is 24.0 Å². The van der Waals surface area contributed by atoms with E-state index in [1.807, 2.05) is 212 Å². The van der Waals surface area contributed by atoms with Crippen LogP contribution in [0.1, 0.15) is 318 Å². The van der Waals surface area contributed by atoms with Gasteiger partial charge in [-0.3, -0.25) is 0 Å². The fraction of sp³-hybridized carbons (Fsp3) is 0.698. The second kappa shape index (κ2) is 97.8. The number of esters is 5. The van der Waals surface area contributed by atoms with Crippen molar-refractivity contribution in [3.63, 3.8) is 0 Å². The number of nitrogens with zero attached hydrogens (tertiary/aromatic N) is 5. The number of hydrogen-bond acceptors (Lipinski definition) is 15. The molecular formula is C129H237N5O14+4. The fourth-order valence-corrected chi connectivity index (χ4v) is 17.3. The summed E-state index contributed by atoms with van der Waals surface area (Å²) in [5, 5.41) is 0. The summed E-state index contributed by atoms with van der Waals surface area (Å²) < 4.78 is 51.3. The van der Waals surface area contributed by atoms with Crippen molar-refractivity contribution in [3.05, 3.63) is 205 Å². The number of aryl methyl sites for hydroxylation is 2.